The summed E-state index contributed by atoms with van der Waals surface area (Å²) in [7, 11) is 3.44. The van der Waals surface area contributed by atoms with Crippen molar-refractivity contribution in [1.29, 1.82) is 0 Å². The van der Waals surface area contributed by atoms with Crippen molar-refractivity contribution in [1.82, 2.24) is 15.5 Å². The minimum atomic E-state index is -0.0257. The van der Waals surface area contributed by atoms with Crippen LogP contribution in [0.15, 0.2) is 40.7 Å². The fourth-order valence-electron chi connectivity index (χ4n) is 2.06. The highest BCUT2D eigenvalue weighted by molar-refractivity contribution is 14.0. The van der Waals surface area contributed by atoms with E-state index >= 15 is 0 Å². The van der Waals surface area contributed by atoms with E-state index in [2.05, 4.69) is 27.1 Å². The molecular weight excluding hydrogens is 518 g/mol. The summed E-state index contributed by atoms with van der Waals surface area (Å²) in [5, 5.41) is 9.54. The predicted octanol–water partition coefficient (Wildman–Crippen LogP) is 4.04. The van der Waals surface area contributed by atoms with Gasteiger partial charge < -0.3 is 15.5 Å². The number of benzene rings is 1. The van der Waals surface area contributed by atoms with Crippen LogP contribution < -0.4 is 10.6 Å². The SMILES string of the molecule is CN(C)C(=O)CNC(=NCc1ccc(Cl)cc1Cl)NCCc1cccs1.I. The van der Waals surface area contributed by atoms with Gasteiger partial charge in [-0.05, 0) is 35.6 Å². The van der Waals surface area contributed by atoms with Gasteiger partial charge in [-0.2, -0.15) is 0 Å². The standard InChI is InChI=1S/C18H22Cl2N4OS.HI/c1-24(2)17(25)12-23-18(21-8-7-15-4-3-9-26-15)22-11-13-5-6-14(19)10-16(13)20;/h3-6,9-10H,7-8,11-12H2,1-2H3,(H2,21,22,23);1H. The van der Waals surface area contributed by atoms with Crippen LogP contribution in [0, 0.1) is 0 Å². The Morgan fingerprint density at radius 3 is 2.63 bits per heavy atom. The van der Waals surface area contributed by atoms with Gasteiger partial charge in [0.2, 0.25) is 5.91 Å². The van der Waals surface area contributed by atoms with Crippen LogP contribution >= 0.6 is 58.5 Å². The zero-order valence-electron chi connectivity index (χ0n) is 15.2. The van der Waals surface area contributed by atoms with Crippen LogP contribution in [0.1, 0.15) is 10.4 Å². The van der Waals surface area contributed by atoms with Crippen molar-refractivity contribution >= 4 is 70.4 Å². The number of nitrogens with one attached hydrogen (secondary N) is 2. The van der Waals surface area contributed by atoms with Crippen molar-refractivity contribution in [2.75, 3.05) is 27.2 Å². The lowest BCUT2D eigenvalue weighted by Gasteiger charge is -2.15. The fraction of sp³-hybridized carbons (Fsp3) is 0.333. The molecule has 2 N–H and O–H groups in total. The number of likely N-dealkylation sites (N-methyl/N-ethyl adjacent to an activating group) is 1. The summed E-state index contributed by atoms with van der Waals surface area (Å²) in [4.78, 5) is 19.2. The number of nitrogens with zero attached hydrogens (tertiary/aromatic N) is 2. The molecule has 0 saturated heterocycles. The van der Waals surface area contributed by atoms with Crippen LogP contribution in [0.4, 0.5) is 0 Å². The lowest BCUT2D eigenvalue weighted by Crippen LogP contribution is -2.43. The van der Waals surface area contributed by atoms with Gasteiger partial charge in [-0.3, -0.25) is 4.79 Å². The van der Waals surface area contributed by atoms with Gasteiger partial charge in [-0.15, -0.1) is 35.3 Å². The normalized spacial score (nSPS) is 10.9. The number of hydrogen-bond donors (Lipinski definition) is 2. The zero-order chi connectivity index (χ0) is 18.9. The van der Waals surface area contributed by atoms with E-state index in [4.69, 9.17) is 23.2 Å². The molecule has 0 bridgehead atoms. The maximum Gasteiger partial charge on any atom is 0.241 e. The summed E-state index contributed by atoms with van der Waals surface area (Å²) in [6, 6.07) is 9.46. The van der Waals surface area contributed by atoms with Crippen molar-refractivity contribution < 1.29 is 4.79 Å². The summed E-state index contributed by atoms with van der Waals surface area (Å²) in [5.41, 5.74) is 0.870. The molecule has 0 saturated carbocycles. The Labute approximate surface area is 191 Å². The molecule has 1 amide bonds. The number of rotatable bonds is 7. The molecule has 5 nitrogen and oxygen atoms in total. The molecule has 0 aliphatic rings. The van der Waals surface area contributed by atoms with E-state index < -0.39 is 0 Å². The molecule has 1 aromatic heterocycles. The van der Waals surface area contributed by atoms with Crippen LogP contribution in [0.3, 0.4) is 0 Å². The second-order valence-electron chi connectivity index (χ2n) is 5.80. The monoisotopic (exact) mass is 540 g/mol. The van der Waals surface area contributed by atoms with Crippen LogP contribution in [0.5, 0.6) is 0 Å². The van der Waals surface area contributed by atoms with Crippen molar-refractivity contribution in [3.8, 4) is 0 Å². The Balaban J connectivity index is 0.00000364. The molecule has 0 unspecified atom stereocenters. The first-order valence-electron chi connectivity index (χ1n) is 8.14. The second-order valence-corrected chi connectivity index (χ2v) is 7.67. The fourth-order valence-corrected chi connectivity index (χ4v) is 3.24. The van der Waals surface area contributed by atoms with Gasteiger partial charge in [0.1, 0.15) is 0 Å². The number of aliphatic imine (C=N–C) groups is 1. The van der Waals surface area contributed by atoms with Gasteiger partial charge in [0.05, 0.1) is 13.1 Å². The zero-order valence-corrected chi connectivity index (χ0v) is 19.8. The third kappa shape index (κ3) is 8.68. The number of amides is 1. The number of hydrogen-bond acceptors (Lipinski definition) is 3. The highest BCUT2D eigenvalue weighted by atomic mass is 127. The Hall–Kier alpha value is -1.03. The van der Waals surface area contributed by atoms with Crippen LogP contribution in [0.2, 0.25) is 10.0 Å². The quantitative estimate of drug-likeness (QED) is 0.316. The molecule has 0 aliphatic heterocycles. The Morgan fingerprint density at radius 2 is 2.00 bits per heavy atom. The average molecular weight is 541 g/mol. The summed E-state index contributed by atoms with van der Waals surface area (Å²) in [6.45, 7) is 1.28. The molecule has 27 heavy (non-hydrogen) atoms. The van der Waals surface area contributed by atoms with E-state index in [0.717, 1.165) is 18.5 Å². The molecule has 9 heteroatoms. The van der Waals surface area contributed by atoms with E-state index in [0.29, 0.717) is 22.5 Å². The third-order valence-electron chi connectivity index (χ3n) is 3.57. The van der Waals surface area contributed by atoms with Gasteiger partial charge in [0.15, 0.2) is 5.96 Å². The van der Waals surface area contributed by atoms with Gasteiger partial charge in [-0.1, -0.05) is 35.3 Å². The second kappa shape index (κ2) is 12.4. The van der Waals surface area contributed by atoms with Gasteiger partial charge in [0, 0.05) is 35.6 Å². The molecule has 1 aromatic carbocycles. The van der Waals surface area contributed by atoms with Crippen molar-refractivity contribution in [2.45, 2.75) is 13.0 Å². The Bertz CT molecular complexity index is 754. The largest absolute Gasteiger partial charge is 0.356 e. The maximum absolute atomic E-state index is 11.8. The van der Waals surface area contributed by atoms with E-state index in [1.807, 2.05) is 12.1 Å². The third-order valence-corrected chi connectivity index (χ3v) is 5.10. The van der Waals surface area contributed by atoms with E-state index in [9.17, 15) is 4.79 Å². The van der Waals surface area contributed by atoms with Gasteiger partial charge in [-0.25, -0.2) is 4.99 Å². The smallest absolute Gasteiger partial charge is 0.241 e. The molecule has 0 fully saturated rings. The van der Waals surface area contributed by atoms with E-state index in [1.54, 1.807) is 37.6 Å². The molecule has 148 valence electrons. The summed E-state index contributed by atoms with van der Waals surface area (Å²) < 4.78 is 0. The molecular formula is C18H23Cl2IN4OS. The first-order chi connectivity index (χ1) is 12.5. The summed E-state index contributed by atoms with van der Waals surface area (Å²) in [6.07, 6.45) is 0.891. The molecule has 1 heterocycles. The van der Waals surface area contributed by atoms with Crippen LogP contribution in [-0.4, -0.2) is 44.0 Å². The molecule has 0 aliphatic carbocycles. The number of carbonyl (C=O) groups excluding carboxylic acids is 1. The number of thiophene rings is 1. The number of guanidine groups is 1. The molecule has 2 rings (SSSR count). The lowest BCUT2D eigenvalue weighted by atomic mass is 10.2. The minimum absolute atomic E-state index is 0. The topological polar surface area (TPSA) is 56.7 Å². The average Bonchev–Trinajstić information content (AvgIpc) is 3.11. The Kier molecular flexibility index (Phi) is 11.1. The first-order valence-corrected chi connectivity index (χ1v) is 9.78. The predicted molar refractivity (Wildman–Crippen MR) is 126 cm³/mol. The van der Waals surface area contributed by atoms with E-state index in [1.165, 1.54) is 9.78 Å². The Morgan fingerprint density at radius 1 is 1.22 bits per heavy atom. The summed E-state index contributed by atoms with van der Waals surface area (Å²) in [5.74, 6) is 0.546. The van der Waals surface area contributed by atoms with E-state index in [-0.39, 0.29) is 36.4 Å². The molecule has 0 atom stereocenters. The van der Waals surface area contributed by atoms with Crippen molar-refractivity contribution in [3.63, 3.8) is 0 Å². The summed E-state index contributed by atoms with van der Waals surface area (Å²) >= 11 is 13.8. The van der Waals surface area contributed by atoms with Gasteiger partial charge in [0.25, 0.3) is 0 Å². The van der Waals surface area contributed by atoms with Crippen molar-refractivity contribution in [2.24, 2.45) is 4.99 Å². The van der Waals surface area contributed by atoms with Gasteiger partial charge >= 0.3 is 0 Å². The molecule has 2 aromatic rings. The lowest BCUT2D eigenvalue weighted by molar-refractivity contribution is -0.127. The molecule has 0 spiro atoms. The first kappa shape index (κ1) is 24.0. The van der Waals surface area contributed by atoms with Crippen LogP contribution in [0.25, 0.3) is 0 Å². The number of halogens is 3. The number of carbonyl (C=O) groups is 1. The maximum atomic E-state index is 11.8. The minimum Gasteiger partial charge on any atom is -0.356 e. The van der Waals surface area contributed by atoms with Crippen molar-refractivity contribution in [3.05, 3.63) is 56.2 Å². The van der Waals surface area contributed by atoms with Crippen LogP contribution in [-0.2, 0) is 17.8 Å². The molecule has 0 radical (unpaired) electrons. The highest BCUT2D eigenvalue weighted by Crippen LogP contribution is 2.21. The highest BCUT2D eigenvalue weighted by Gasteiger charge is 2.07.